The topological polar surface area (TPSA) is 15.8 Å². The van der Waals surface area contributed by atoms with Crippen molar-refractivity contribution in [2.75, 3.05) is 0 Å². The van der Waals surface area contributed by atoms with E-state index in [1.54, 1.807) is 0 Å². The van der Waals surface area contributed by atoms with Gasteiger partial charge in [-0.15, -0.1) is 0 Å². The molecule has 18 heavy (non-hydrogen) atoms. The number of nitrogens with one attached hydrogen (secondary N) is 1. The summed E-state index contributed by atoms with van der Waals surface area (Å²) in [6.07, 6.45) is 7.33. The van der Waals surface area contributed by atoms with E-state index in [2.05, 4.69) is 65.7 Å². The second kappa shape index (κ2) is 4.92. The maximum Gasteiger partial charge on any atom is 0.0489 e. The van der Waals surface area contributed by atoms with Crippen molar-refractivity contribution < 1.29 is 0 Å². The molecule has 1 aromatic heterocycles. The van der Waals surface area contributed by atoms with Crippen LogP contribution in [0, 0.1) is 0 Å². The summed E-state index contributed by atoms with van der Waals surface area (Å²) in [6.45, 7) is 0. The molecule has 0 aliphatic heterocycles. The molecule has 0 aliphatic rings. The highest BCUT2D eigenvalue weighted by molar-refractivity contribution is 5.82. The molecule has 2 aromatic carbocycles. The zero-order valence-corrected chi connectivity index (χ0v) is 10.1. The number of aromatic nitrogens is 1. The Bertz CT molecular complexity index is 662. The number of hydrogen-bond donors (Lipinski definition) is 1. The summed E-state index contributed by atoms with van der Waals surface area (Å²) in [5.41, 5.74) is 3.83. The first kappa shape index (κ1) is 10.8. The maximum absolute atomic E-state index is 3.30. The number of para-hydroxylation sites is 1. The summed E-state index contributed by atoms with van der Waals surface area (Å²) in [4.78, 5) is 3.30. The van der Waals surface area contributed by atoms with Crippen LogP contribution in [0.25, 0.3) is 17.0 Å². The van der Waals surface area contributed by atoms with Gasteiger partial charge in [0.25, 0.3) is 0 Å². The van der Waals surface area contributed by atoms with Crippen molar-refractivity contribution in [3.05, 3.63) is 78.0 Å². The summed E-state index contributed by atoms with van der Waals surface area (Å²) in [7, 11) is 0. The first-order valence-electron chi connectivity index (χ1n) is 6.20. The first-order valence-corrected chi connectivity index (χ1v) is 6.20. The summed E-state index contributed by atoms with van der Waals surface area (Å²) >= 11 is 0. The molecule has 0 aliphatic carbocycles. The molecule has 0 saturated carbocycles. The smallest absolute Gasteiger partial charge is 0.0489 e. The van der Waals surface area contributed by atoms with Gasteiger partial charge in [0.2, 0.25) is 0 Å². The minimum atomic E-state index is 0.951. The molecule has 1 nitrogen and oxygen atoms in total. The van der Waals surface area contributed by atoms with E-state index < -0.39 is 0 Å². The first-order chi connectivity index (χ1) is 8.93. The van der Waals surface area contributed by atoms with Crippen LogP contribution in [0.1, 0.15) is 11.1 Å². The lowest BCUT2D eigenvalue weighted by Crippen LogP contribution is -1.83. The largest absolute Gasteiger partial charge is 0.361 e. The van der Waals surface area contributed by atoms with E-state index in [0.29, 0.717) is 0 Å². The Morgan fingerprint density at radius 2 is 1.78 bits per heavy atom. The lowest BCUT2D eigenvalue weighted by Gasteiger charge is -1.99. The molecule has 1 heterocycles. The zero-order chi connectivity index (χ0) is 12.2. The highest BCUT2D eigenvalue weighted by atomic mass is 14.7. The molecule has 0 bridgehead atoms. The lowest BCUT2D eigenvalue weighted by atomic mass is 10.1. The fourth-order valence-corrected chi connectivity index (χ4v) is 2.21. The predicted octanol–water partition coefficient (Wildman–Crippen LogP) is 4.42. The SMILES string of the molecule is C(=C\c1ccccc1)/Cc1cccc2cc[nH]c12. The summed E-state index contributed by atoms with van der Waals surface area (Å²) in [5.74, 6) is 0. The standard InChI is InChI=1S/C17H15N/c1-2-6-14(7-3-1)8-4-9-15-10-5-11-16-12-13-18-17(15)16/h1-8,10-13,18H,9H2/b8-4+. The molecule has 0 atom stereocenters. The number of H-pyrrole nitrogens is 1. The molecular weight excluding hydrogens is 218 g/mol. The number of hydrogen-bond acceptors (Lipinski definition) is 0. The monoisotopic (exact) mass is 233 g/mol. The molecule has 0 amide bonds. The lowest BCUT2D eigenvalue weighted by molar-refractivity contribution is 1.28. The Morgan fingerprint density at radius 3 is 2.67 bits per heavy atom. The number of fused-ring (bicyclic) bond motifs is 1. The quantitative estimate of drug-likeness (QED) is 0.689. The average molecular weight is 233 g/mol. The van der Waals surface area contributed by atoms with Crippen molar-refractivity contribution in [3.8, 4) is 0 Å². The van der Waals surface area contributed by atoms with Gasteiger partial charge >= 0.3 is 0 Å². The van der Waals surface area contributed by atoms with Crippen molar-refractivity contribution in [2.45, 2.75) is 6.42 Å². The third-order valence-corrected chi connectivity index (χ3v) is 3.12. The van der Waals surface area contributed by atoms with E-state index in [0.717, 1.165) is 6.42 Å². The van der Waals surface area contributed by atoms with Gasteiger partial charge in [-0.1, -0.05) is 60.7 Å². The normalized spacial score (nSPS) is 11.3. The third-order valence-electron chi connectivity index (χ3n) is 3.12. The molecule has 0 radical (unpaired) electrons. The summed E-state index contributed by atoms with van der Waals surface area (Å²) in [6, 6.07) is 18.9. The Kier molecular flexibility index (Phi) is 2.97. The summed E-state index contributed by atoms with van der Waals surface area (Å²) in [5, 5.41) is 1.28. The van der Waals surface area contributed by atoms with Gasteiger partial charge in [-0.25, -0.2) is 0 Å². The number of rotatable bonds is 3. The molecule has 1 N–H and O–H groups in total. The Labute approximate surface area is 107 Å². The van der Waals surface area contributed by atoms with Crippen LogP contribution >= 0.6 is 0 Å². The van der Waals surface area contributed by atoms with Crippen molar-refractivity contribution in [2.24, 2.45) is 0 Å². The number of aromatic amines is 1. The van der Waals surface area contributed by atoms with Crippen LogP contribution in [-0.4, -0.2) is 4.98 Å². The Hall–Kier alpha value is -2.28. The van der Waals surface area contributed by atoms with Crippen molar-refractivity contribution in [1.82, 2.24) is 4.98 Å². The molecule has 88 valence electrons. The van der Waals surface area contributed by atoms with E-state index in [1.807, 2.05) is 12.3 Å². The minimum Gasteiger partial charge on any atom is -0.361 e. The fraction of sp³-hybridized carbons (Fsp3) is 0.0588. The van der Waals surface area contributed by atoms with Crippen LogP contribution < -0.4 is 0 Å². The number of benzene rings is 2. The molecule has 0 unspecified atom stereocenters. The second-order valence-electron chi connectivity index (χ2n) is 4.38. The fourth-order valence-electron chi connectivity index (χ4n) is 2.21. The zero-order valence-electron chi connectivity index (χ0n) is 10.1. The van der Waals surface area contributed by atoms with E-state index in [-0.39, 0.29) is 0 Å². The Morgan fingerprint density at radius 1 is 0.889 bits per heavy atom. The van der Waals surface area contributed by atoms with Gasteiger partial charge in [0.15, 0.2) is 0 Å². The maximum atomic E-state index is 3.30. The van der Waals surface area contributed by atoms with Gasteiger partial charge in [-0.05, 0) is 29.0 Å². The molecule has 1 heteroatoms. The van der Waals surface area contributed by atoms with E-state index in [9.17, 15) is 0 Å². The minimum absolute atomic E-state index is 0.951. The van der Waals surface area contributed by atoms with Crippen LogP contribution in [0.15, 0.2) is 66.9 Å². The molecule has 0 fully saturated rings. The van der Waals surface area contributed by atoms with E-state index in [4.69, 9.17) is 0 Å². The number of allylic oxidation sites excluding steroid dienone is 1. The second-order valence-corrected chi connectivity index (χ2v) is 4.38. The van der Waals surface area contributed by atoms with Crippen LogP contribution in [-0.2, 0) is 6.42 Å². The molecule has 0 spiro atoms. The molecule has 3 aromatic rings. The molecule has 3 rings (SSSR count). The predicted molar refractivity (Wildman–Crippen MR) is 77.5 cm³/mol. The molecular formula is C17H15N. The van der Waals surface area contributed by atoms with Crippen molar-refractivity contribution in [1.29, 1.82) is 0 Å². The Balaban J connectivity index is 1.81. The third kappa shape index (κ3) is 2.21. The van der Waals surface area contributed by atoms with Crippen LogP contribution in [0.2, 0.25) is 0 Å². The van der Waals surface area contributed by atoms with Crippen LogP contribution in [0.4, 0.5) is 0 Å². The van der Waals surface area contributed by atoms with E-state index >= 15 is 0 Å². The van der Waals surface area contributed by atoms with Crippen molar-refractivity contribution >= 4 is 17.0 Å². The van der Waals surface area contributed by atoms with Gasteiger partial charge < -0.3 is 4.98 Å². The highest BCUT2D eigenvalue weighted by Crippen LogP contribution is 2.17. The average Bonchev–Trinajstić information content (AvgIpc) is 2.89. The van der Waals surface area contributed by atoms with Gasteiger partial charge in [-0.3, -0.25) is 0 Å². The highest BCUT2D eigenvalue weighted by Gasteiger charge is 1.98. The molecule has 0 saturated heterocycles. The van der Waals surface area contributed by atoms with Gasteiger partial charge in [0, 0.05) is 11.7 Å². The van der Waals surface area contributed by atoms with Gasteiger partial charge in [-0.2, -0.15) is 0 Å². The van der Waals surface area contributed by atoms with Crippen LogP contribution in [0.3, 0.4) is 0 Å². The van der Waals surface area contributed by atoms with Crippen molar-refractivity contribution in [3.63, 3.8) is 0 Å². The van der Waals surface area contributed by atoms with Crippen LogP contribution in [0.5, 0.6) is 0 Å². The van der Waals surface area contributed by atoms with E-state index in [1.165, 1.54) is 22.0 Å². The van der Waals surface area contributed by atoms with Gasteiger partial charge in [0.05, 0.1) is 0 Å². The summed E-state index contributed by atoms with van der Waals surface area (Å²) < 4.78 is 0. The van der Waals surface area contributed by atoms with Gasteiger partial charge in [0.1, 0.15) is 0 Å².